The molecule has 2 amide bonds. The van der Waals surface area contributed by atoms with Crippen molar-refractivity contribution in [3.05, 3.63) is 53.1 Å². The van der Waals surface area contributed by atoms with Crippen LogP contribution in [-0.2, 0) is 11.2 Å². The number of nitrogens with zero attached hydrogens (tertiary/aromatic N) is 2. The fourth-order valence-corrected chi connectivity index (χ4v) is 3.96. The van der Waals surface area contributed by atoms with Gasteiger partial charge < -0.3 is 19.7 Å². The largest absolute Gasteiger partial charge is 0.493 e. The summed E-state index contributed by atoms with van der Waals surface area (Å²) in [4.78, 5) is 40.9. The SMILES string of the molecule is COc1ccc(C(=O)N2CCN(CC(=O)c3ccc4c(c3)CC(=O)N4)CC2)cc1OC.Cl. The van der Waals surface area contributed by atoms with Gasteiger partial charge in [0, 0.05) is 43.0 Å². The summed E-state index contributed by atoms with van der Waals surface area (Å²) in [5, 5.41) is 2.77. The van der Waals surface area contributed by atoms with Crippen molar-refractivity contribution in [3.63, 3.8) is 0 Å². The monoisotopic (exact) mass is 459 g/mol. The number of ether oxygens (including phenoxy) is 2. The molecule has 1 saturated heterocycles. The lowest BCUT2D eigenvalue weighted by Crippen LogP contribution is -2.49. The lowest BCUT2D eigenvalue weighted by molar-refractivity contribution is -0.115. The van der Waals surface area contributed by atoms with E-state index < -0.39 is 0 Å². The average molecular weight is 460 g/mol. The van der Waals surface area contributed by atoms with Crippen LogP contribution in [0, 0.1) is 0 Å². The van der Waals surface area contributed by atoms with Crippen molar-refractivity contribution in [3.8, 4) is 11.5 Å². The zero-order valence-electron chi connectivity index (χ0n) is 18.1. The summed E-state index contributed by atoms with van der Waals surface area (Å²) in [6, 6.07) is 10.5. The fourth-order valence-electron chi connectivity index (χ4n) is 3.96. The number of rotatable bonds is 6. The number of anilines is 1. The maximum absolute atomic E-state index is 12.9. The molecule has 1 fully saturated rings. The Morgan fingerprint density at radius 3 is 2.31 bits per heavy atom. The first-order valence-corrected chi connectivity index (χ1v) is 10.2. The van der Waals surface area contributed by atoms with Crippen LogP contribution in [0.2, 0.25) is 0 Å². The maximum atomic E-state index is 12.9. The number of piperazine rings is 1. The standard InChI is InChI=1S/C23H25N3O5.ClH/c1-30-20-6-4-16(12-21(20)31-2)23(29)26-9-7-25(8-10-26)14-19(27)15-3-5-18-17(11-15)13-22(28)24-18;/h3-6,11-12H,7-10,13-14H2,1-2H3,(H,24,28);1H. The van der Waals surface area contributed by atoms with Crippen molar-refractivity contribution in [1.29, 1.82) is 0 Å². The number of nitrogens with one attached hydrogen (secondary N) is 1. The van der Waals surface area contributed by atoms with Crippen molar-refractivity contribution in [2.75, 3.05) is 52.3 Å². The van der Waals surface area contributed by atoms with Crippen LogP contribution >= 0.6 is 12.4 Å². The number of hydrogen-bond donors (Lipinski definition) is 1. The highest BCUT2D eigenvalue weighted by atomic mass is 35.5. The number of hydrogen-bond acceptors (Lipinski definition) is 6. The molecule has 0 unspecified atom stereocenters. The molecule has 0 atom stereocenters. The molecule has 2 aromatic rings. The van der Waals surface area contributed by atoms with Gasteiger partial charge in [0.15, 0.2) is 17.3 Å². The third kappa shape index (κ3) is 4.87. The van der Waals surface area contributed by atoms with Gasteiger partial charge in [-0.05, 0) is 42.0 Å². The number of ketones is 1. The summed E-state index contributed by atoms with van der Waals surface area (Å²) in [6.07, 6.45) is 0.313. The van der Waals surface area contributed by atoms with Gasteiger partial charge in [-0.2, -0.15) is 0 Å². The number of carbonyl (C=O) groups excluding carboxylic acids is 3. The second kappa shape index (κ2) is 10.0. The summed E-state index contributed by atoms with van der Waals surface area (Å²) in [6.45, 7) is 2.62. The van der Waals surface area contributed by atoms with Crippen LogP contribution in [-0.4, -0.2) is 74.3 Å². The number of amides is 2. The molecule has 1 N–H and O–H groups in total. The minimum Gasteiger partial charge on any atom is -0.493 e. The van der Waals surface area contributed by atoms with Crippen molar-refractivity contribution in [1.82, 2.24) is 9.80 Å². The highest BCUT2D eigenvalue weighted by molar-refractivity contribution is 6.02. The molecular formula is C23H26ClN3O5. The van der Waals surface area contributed by atoms with E-state index in [2.05, 4.69) is 10.2 Å². The Morgan fingerprint density at radius 2 is 1.62 bits per heavy atom. The van der Waals surface area contributed by atoms with Gasteiger partial charge in [0.1, 0.15) is 0 Å². The first kappa shape index (κ1) is 23.6. The number of Topliss-reactive ketones (excluding diaryl/α,β-unsaturated/α-hetero) is 1. The van der Waals surface area contributed by atoms with E-state index in [0.717, 1.165) is 11.3 Å². The molecule has 2 aliphatic heterocycles. The number of benzene rings is 2. The Bertz CT molecular complexity index is 1030. The van der Waals surface area contributed by atoms with E-state index in [1.807, 2.05) is 0 Å². The molecule has 9 heteroatoms. The molecule has 2 aromatic carbocycles. The summed E-state index contributed by atoms with van der Waals surface area (Å²) in [5.74, 6) is 0.998. The summed E-state index contributed by atoms with van der Waals surface area (Å²) >= 11 is 0. The predicted molar refractivity (Wildman–Crippen MR) is 122 cm³/mol. The van der Waals surface area contributed by atoms with E-state index in [0.29, 0.717) is 61.8 Å². The average Bonchev–Trinajstić information content (AvgIpc) is 3.17. The molecule has 0 aliphatic carbocycles. The van der Waals surface area contributed by atoms with Crippen LogP contribution in [0.15, 0.2) is 36.4 Å². The molecule has 2 heterocycles. The second-order valence-electron chi connectivity index (χ2n) is 7.66. The Balaban J connectivity index is 0.00000289. The van der Waals surface area contributed by atoms with Gasteiger partial charge in [0.25, 0.3) is 5.91 Å². The van der Waals surface area contributed by atoms with E-state index >= 15 is 0 Å². The van der Waals surface area contributed by atoms with Gasteiger partial charge >= 0.3 is 0 Å². The number of methoxy groups -OCH3 is 2. The van der Waals surface area contributed by atoms with Crippen LogP contribution < -0.4 is 14.8 Å². The first-order valence-electron chi connectivity index (χ1n) is 10.2. The van der Waals surface area contributed by atoms with Gasteiger partial charge in [-0.1, -0.05) is 0 Å². The third-order valence-corrected chi connectivity index (χ3v) is 5.71. The van der Waals surface area contributed by atoms with Crippen LogP contribution in [0.25, 0.3) is 0 Å². The Labute approximate surface area is 192 Å². The van der Waals surface area contributed by atoms with Gasteiger partial charge in [-0.15, -0.1) is 12.4 Å². The highest BCUT2D eigenvalue weighted by Crippen LogP contribution is 2.28. The van der Waals surface area contributed by atoms with Crippen LogP contribution in [0.4, 0.5) is 5.69 Å². The van der Waals surface area contributed by atoms with Crippen LogP contribution in [0.1, 0.15) is 26.3 Å². The smallest absolute Gasteiger partial charge is 0.254 e. The topological polar surface area (TPSA) is 88.2 Å². The minimum absolute atomic E-state index is 0. The van der Waals surface area contributed by atoms with Crippen LogP contribution in [0.3, 0.4) is 0 Å². The predicted octanol–water partition coefficient (Wildman–Crippen LogP) is 2.26. The molecule has 0 radical (unpaired) electrons. The van der Waals surface area contributed by atoms with Gasteiger partial charge in [-0.3, -0.25) is 19.3 Å². The Kier molecular flexibility index (Phi) is 7.37. The van der Waals surface area contributed by atoms with E-state index in [1.54, 1.807) is 48.4 Å². The normalized spacial score (nSPS) is 15.4. The zero-order chi connectivity index (χ0) is 22.0. The Morgan fingerprint density at radius 1 is 0.938 bits per heavy atom. The summed E-state index contributed by atoms with van der Waals surface area (Å²) in [7, 11) is 3.09. The summed E-state index contributed by atoms with van der Waals surface area (Å²) < 4.78 is 10.5. The lowest BCUT2D eigenvalue weighted by Gasteiger charge is -2.34. The minimum atomic E-state index is -0.0669. The molecule has 170 valence electrons. The van der Waals surface area contributed by atoms with Crippen LogP contribution in [0.5, 0.6) is 11.5 Å². The van der Waals surface area contributed by atoms with Crippen molar-refractivity contribution >= 4 is 35.7 Å². The van der Waals surface area contributed by atoms with E-state index in [9.17, 15) is 14.4 Å². The number of fused-ring (bicyclic) bond motifs is 1. The quantitative estimate of drug-likeness (QED) is 0.667. The third-order valence-electron chi connectivity index (χ3n) is 5.71. The van der Waals surface area contributed by atoms with E-state index in [4.69, 9.17) is 9.47 Å². The lowest BCUT2D eigenvalue weighted by atomic mass is 10.0. The molecule has 0 saturated carbocycles. The van der Waals surface area contributed by atoms with Crippen molar-refractivity contribution < 1.29 is 23.9 Å². The molecule has 0 aromatic heterocycles. The molecular weight excluding hydrogens is 434 g/mol. The molecule has 0 spiro atoms. The van der Waals surface area contributed by atoms with E-state index in [1.165, 1.54) is 7.11 Å². The van der Waals surface area contributed by atoms with E-state index in [-0.39, 0.29) is 30.0 Å². The fraction of sp³-hybridized carbons (Fsp3) is 0.348. The highest BCUT2D eigenvalue weighted by Gasteiger charge is 2.25. The van der Waals surface area contributed by atoms with Crippen molar-refractivity contribution in [2.24, 2.45) is 0 Å². The zero-order valence-corrected chi connectivity index (χ0v) is 18.9. The van der Waals surface area contributed by atoms with Crippen molar-refractivity contribution in [2.45, 2.75) is 6.42 Å². The van der Waals surface area contributed by atoms with Gasteiger partial charge in [0.2, 0.25) is 5.91 Å². The summed E-state index contributed by atoms with van der Waals surface area (Å²) in [5.41, 5.74) is 2.80. The Hall–Kier alpha value is -3.10. The molecule has 2 aliphatic rings. The second-order valence-corrected chi connectivity index (χ2v) is 7.66. The molecule has 4 rings (SSSR count). The van der Waals surface area contributed by atoms with Gasteiger partial charge in [-0.25, -0.2) is 0 Å². The molecule has 0 bridgehead atoms. The number of carbonyl (C=O) groups is 3. The first-order chi connectivity index (χ1) is 15.0. The van der Waals surface area contributed by atoms with Gasteiger partial charge in [0.05, 0.1) is 27.2 Å². The maximum Gasteiger partial charge on any atom is 0.254 e. The molecule has 32 heavy (non-hydrogen) atoms. The number of halogens is 1. The molecule has 8 nitrogen and oxygen atoms in total.